The van der Waals surface area contributed by atoms with Gasteiger partial charge in [-0.25, -0.2) is 4.98 Å². The minimum atomic E-state index is 0.104. The van der Waals surface area contributed by atoms with Gasteiger partial charge in [-0.2, -0.15) is 5.10 Å². The maximum absolute atomic E-state index is 12.8. The van der Waals surface area contributed by atoms with Crippen molar-refractivity contribution in [3.05, 3.63) is 58.5 Å². The van der Waals surface area contributed by atoms with E-state index < -0.39 is 0 Å². The third-order valence-electron chi connectivity index (χ3n) is 4.66. The van der Waals surface area contributed by atoms with E-state index in [2.05, 4.69) is 37.6 Å². The van der Waals surface area contributed by atoms with Crippen molar-refractivity contribution >= 4 is 17.2 Å². The average molecular weight is 367 g/mol. The van der Waals surface area contributed by atoms with Crippen molar-refractivity contribution in [1.29, 1.82) is 0 Å². The summed E-state index contributed by atoms with van der Waals surface area (Å²) >= 11 is 1.79. The van der Waals surface area contributed by atoms with Gasteiger partial charge in [0.1, 0.15) is 6.33 Å². The van der Waals surface area contributed by atoms with Crippen molar-refractivity contribution in [1.82, 2.24) is 25.0 Å². The fourth-order valence-corrected chi connectivity index (χ4v) is 4.00. The summed E-state index contributed by atoms with van der Waals surface area (Å²) in [6.07, 6.45) is 2.49. The molecule has 0 saturated carbocycles. The number of hydrogen-bond donors (Lipinski definition) is 1. The summed E-state index contributed by atoms with van der Waals surface area (Å²) in [6.45, 7) is 4.51. The van der Waals surface area contributed by atoms with Crippen LogP contribution in [0.15, 0.2) is 48.1 Å². The van der Waals surface area contributed by atoms with Crippen molar-refractivity contribution in [3.8, 4) is 11.4 Å². The lowest BCUT2D eigenvalue weighted by Gasteiger charge is -2.22. The minimum Gasteiger partial charge on any atom is -0.337 e. The highest BCUT2D eigenvalue weighted by Gasteiger charge is 2.20. The summed E-state index contributed by atoms with van der Waals surface area (Å²) in [5.41, 5.74) is 1.65. The van der Waals surface area contributed by atoms with Gasteiger partial charge in [0.15, 0.2) is 5.82 Å². The molecule has 1 fully saturated rings. The topological polar surface area (TPSA) is 65.1 Å². The van der Waals surface area contributed by atoms with Gasteiger partial charge in [-0.3, -0.25) is 14.8 Å². The highest BCUT2D eigenvalue weighted by Crippen LogP contribution is 2.17. The van der Waals surface area contributed by atoms with Crippen LogP contribution in [0.4, 0.5) is 0 Å². The third kappa shape index (κ3) is 3.84. The molecule has 1 aliphatic rings. The summed E-state index contributed by atoms with van der Waals surface area (Å²) < 4.78 is 0. The standard InChI is InChI=1S/C19H21N5OS/c25-19(16-6-4-15(5-7-16)18-20-14-21-22-18)24-9-2-8-23(10-11-24)13-17-3-1-12-26-17/h1,3-7,12,14H,2,8-11,13H2,(H,20,21,22). The average Bonchev–Trinajstić information content (AvgIpc) is 3.33. The zero-order chi connectivity index (χ0) is 17.8. The van der Waals surface area contributed by atoms with Crippen LogP contribution in [0.2, 0.25) is 0 Å². The number of nitrogens with one attached hydrogen (secondary N) is 1. The molecule has 1 amide bonds. The van der Waals surface area contributed by atoms with Crippen molar-refractivity contribution in [2.75, 3.05) is 26.2 Å². The van der Waals surface area contributed by atoms with Gasteiger partial charge >= 0.3 is 0 Å². The lowest BCUT2D eigenvalue weighted by atomic mass is 10.1. The van der Waals surface area contributed by atoms with Crippen LogP contribution < -0.4 is 0 Å². The van der Waals surface area contributed by atoms with E-state index in [-0.39, 0.29) is 5.91 Å². The normalized spacial score (nSPS) is 15.8. The number of carbonyl (C=O) groups excluding carboxylic acids is 1. The summed E-state index contributed by atoms with van der Waals surface area (Å²) in [5, 5.41) is 8.81. The molecule has 134 valence electrons. The molecular formula is C19H21N5OS. The van der Waals surface area contributed by atoms with Crippen LogP contribution in [0.1, 0.15) is 21.7 Å². The van der Waals surface area contributed by atoms with Gasteiger partial charge in [0.25, 0.3) is 5.91 Å². The summed E-state index contributed by atoms with van der Waals surface area (Å²) in [6, 6.07) is 11.8. The molecule has 3 aromatic rings. The first-order chi connectivity index (χ1) is 12.8. The highest BCUT2D eigenvalue weighted by atomic mass is 32.1. The number of benzene rings is 1. The van der Waals surface area contributed by atoms with E-state index in [0.29, 0.717) is 5.82 Å². The van der Waals surface area contributed by atoms with Crippen LogP contribution in [0.25, 0.3) is 11.4 Å². The van der Waals surface area contributed by atoms with Crippen molar-refractivity contribution < 1.29 is 4.79 Å². The van der Waals surface area contributed by atoms with Gasteiger partial charge in [-0.1, -0.05) is 18.2 Å². The zero-order valence-corrected chi connectivity index (χ0v) is 15.3. The predicted molar refractivity (Wildman–Crippen MR) is 102 cm³/mol. The van der Waals surface area contributed by atoms with Gasteiger partial charge in [0.2, 0.25) is 0 Å². The van der Waals surface area contributed by atoms with E-state index in [1.54, 1.807) is 11.3 Å². The maximum atomic E-state index is 12.8. The number of aromatic nitrogens is 3. The number of amides is 1. The lowest BCUT2D eigenvalue weighted by Crippen LogP contribution is -2.35. The Morgan fingerprint density at radius 1 is 1.12 bits per heavy atom. The second kappa shape index (κ2) is 7.80. The minimum absolute atomic E-state index is 0.104. The van der Waals surface area contributed by atoms with Crippen molar-refractivity contribution in [3.63, 3.8) is 0 Å². The molecule has 6 nitrogen and oxygen atoms in total. The molecule has 0 aliphatic carbocycles. The summed E-state index contributed by atoms with van der Waals surface area (Å²) in [7, 11) is 0. The van der Waals surface area contributed by atoms with Crippen LogP contribution in [0, 0.1) is 0 Å². The monoisotopic (exact) mass is 367 g/mol. The molecule has 1 N–H and O–H groups in total. The highest BCUT2D eigenvalue weighted by molar-refractivity contribution is 7.09. The molecular weight excluding hydrogens is 346 g/mol. The van der Waals surface area contributed by atoms with Gasteiger partial charge in [0, 0.05) is 48.7 Å². The van der Waals surface area contributed by atoms with Crippen LogP contribution in [-0.2, 0) is 6.54 Å². The Morgan fingerprint density at radius 3 is 2.73 bits per heavy atom. The number of hydrogen-bond acceptors (Lipinski definition) is 5. The van der Waals surface area contributed by atoms with Gasteiger partial charge in [-0.05, 0) is 30.0 Å². The molecule has 1 aliphatic heterocycles. The molecule has 0 atom stereocenters. The van der Waals surface area contributed by atoms with Gasteiger partial charge in [-0.15, -0.1) is 11.3 Å². The predicted octanol–water partition coefficient (Wildman–Crippen LogP) is 2.88. The van der Waals surface area contributed by atoms with E-state index >= 15 is 0 Å². The van der Waals surface area contributed by atoms with E-state index in [1.165, 1.54) is 11.2 Å². The number of rotatable bonds is 4. The summed E-state index contributed by atoms with van der Waals surface area (Å²) in [5.74, 6) is 0.815. The Bertz CT molecular complexity index is 829. The second-order valence-electron chi connectivity index (χ2n) is 6.41. The largest absolute Gasteiger partial charge is 0.337 e. The molecule has 1 aromatic carbocycles. The lowest BCUT2D eigenvalue weighted by molar-refractivity contribution is 0.0761. The second-order valence-corrected chi connectivity index (χ2v) is 7.44. The quantitative estimate of drug-likeness (QED) is 0.770. The maximum Gasteiger partial charge on any atom is 0.253 e. The molecule has 26 heavy (non-hydrogen) atoms. The Hall–Kier alpha value is -2.51. The molecule has 0 bridgehead atoms. The van der Waals surface area contributed by atoms with E-state index in [9.17, 15) is 4.79 Å². The van der Waals surface area contributed by atoms with Gasteiger partial charge in [0.05, 0.1) is 0 Å². The van der Waals surface area contributed by atoms with E-state index in [0.717, 1.165) is 50.3 Å². The zero-order valence-electron chi connectivity index (χ0n) is 14.5. The summed E-state index contributed by atoms with van der Waals surface area (Å²) in [4.78, 5) is 22.8. The molecule has 2 aromatic heterocycles. The van der Waals surface area contributed by atoms with Crippen molar-refractivity contribution in [2.45, 2.75) is 13.0 Å². The van der Waals surface area contributed by atoms with Crippen LogP contribution in [0.5, 0.6) is 0 Å². The molecule has 7 heteroatoms. The fraction of sp³-hybridized carbons (Fsp3) is 0.316. The number of carbonyl (C=O) groups is 1. The first kappa shape index (κ1) is 16.9. The van der Waals surface area contributed by atoms with Crippen LogP contribution >= 0.6 is 11.3 Å². The SMILES string of the molecule is O=C(c1ccc(-c2ncn[nH]2)cc1)N1CCCN(Cc2cccs2)CC1. The number of aromatic amines is 1. The third-order valence-corrected chi connectivity index (χ3v) is 5.52. The molecule has 0 spiro atoms. The first-order valence-electron chi connectivity index (χ1n) is 8.79. The first-order valence-corrected chi connectivity index (χ1v) is 9.67. The van der Waals surface area contributed by atoms with Crippen LogP contribution in [-0.4, -0.2) is 57.1 Å². The Balaban J connectivity index is 1.38. The molecule has 1 saturated heterocycles. The number of thiophene rings is 1. The Labute approximate surface area is 156 Å². The fourth-order valence-electron chi connectivity index (χ4n) is 3.25. The van der Waals surface area contributed by atoms with Crippen LogP contribution in [0.3, 0.4) is 0 Å². The molecule has 0 unspecified atom stereocenters. The van der Waals surface area contributed by atoms with Gasteiger partial charge < -0.3 is 4.90 Å². The van der Waals surface area contributed by atoms with Crippen molar-refractivity contribution in [2.24, 2.45) is 0 Å². The molecule has 3 heterocycles. The number of nitrogens with zero attached hydrogens (tertiary/aromatic N) is 4. The Kier molecular flexibility index (Phi) is 5.08. The smallest absolute Gasteiger partial charge is 0.253 e. The molecule has 0 radical (unpaired) electrons. The molecule has 4 rings (SSSR count). The van der Waals surface area contributed by atoms with E-state index in [4.69, 9.17) is 0 Å². The number of H-pyrrole nitrogens is 1. The van der Waals surface area contributed by atoms with E-state index in [1.807, 2.05) is 29.2 Å². The Morgan fingerprint density at radius 2 is 2.00 bits per heavy atom.